The van der Waals surface area contributed by atoms with Crippen molar-refractivity contribution in [1.29, 1.82) is 0 Å². The van der Waals surface area contributed by atoms with E-state index in [1.165, 1.54) is 0 Å². The number of fused-ring (bicyclic) bond motifs is 2. The molecule has 2 unspecified atom stereocenters. The number of hydrogen-bond acceptors (Lipinski definition) is 4. The van der Waals surface area contributed by atoms with E-state index in [1.807, 2.05) is 0 Å². The quantitative estimate of drug-likeness (QED) is 0.855. The molecule has 0 aromatic carbocycles. The lowest BCUT2D eigenvalue weighted by molar-refractivity contribution is -0.307. The third-order valence-electron chi connectivity index (χ3n) is 6.06. The van der Waals surface area contributed by atoms with Gasteiger partial charge in [-0.2, -0.15) is 5.06 Å². The van der Waals surface area contributed by atoms with E-state index in [0.29, 0.717) is 30.5 Å². The molecule has 0 spiro atoms. The van der Waals surface area contributed by atoms with Crippen LogP contribution in [0.5, 0.6) is 0 Å². The Morgan fingerprint density at radius 2 is 1.50 bits per heavy atom. The van der Waals surface area contributed by atoms with Crippen LogP contribution in [0.4, 0.5) is 0 Å². The number of piperidine rings is 1. The molecule has 1 heterocycles. The third kappa shape index (κ3) is 3.52. The number of hydroxylamine groups is 2. The summed E-state index contributed by atoms with van der Waals surface area (Å²) in [6.07, 6.45) is 5.81. The van der Waals surface area contributed by atoms with Gasteiger partial charge in [0.15, 0.2) is 0 Å². The van der Waals surface area contributed by atoms with Crippen LogP contribution in [0.1, 0.15) is 72.6 Å². The SMILES string of the molecule is CC1(C)CC(=O)CC(C)(C)N1OC1C[C@@H]2CC(C(=O)O)C[C@H](C1)C2. The van der Waals surface area contributed by atoms with Crippen LogP contribution in [0.25, 0.3) is 0 Å². The van der Waals surface area contributed by atoms with Gasteiger partial charge in [-0.15, -0.1) is 0 Å². The van der Waals surface area contributed by atoms with E-state index in [1.54, 1.807) is 0 Å². The zero-order chi connectivity index (χ0) is 17.7. The Bertz CT molecular complexity index is 493. The smallest absolute Gasteiger partial charge is 0.306 e. The van der Waals surface area contributed by atoms with Crippen molar-refractivity contribution in [2.75, 3.05) is 0 Å². The summed E-state index contributed by atoms with van der Waals surface area (Å²) in [5.41, 5.74) is -0.593. The van der Waals surface area contributed by atoms with Gasteiger partial charge in [-0.1, -0.05) is 0 Å². The minimum absolute atomic E-state index is 0.148. The van der Waals surface area contributed by atoms with Gasteiger partial charge in [-0.25, -0.2) is 0 Å². The Hall–Kier alpha value is -0.940. The molecule has 136 valence electrons. The standard InChI is InChI=1S/C19H31NO4/c1-18(2)10-15(21)11-19(3,4)20(18)24-16-8-12-5-13(9-16)7-14(6-12)17(22)23/h12-14,16H,5-11H2,1-4H3,(H,22,23)/t12-,13+,14?,16?. The van der Waals surface area contributed by atoms with Crippen molar-refractivity contribution in [3.05, 3.63) is 0 Å². The van der Waals surface area contributed by atoms with Crippen molar-refractivity contribution in [3.8, 4) is 0 Å². The van der Waals surface area contributed by atoms with E-state index >= 15 is 0 Å². The molecule has 2 saturated carbocycles. The number of carbonyl (C=O) groups is 2. The lowest BCUT2D eigenvalue weighted by Gasteiger charge is -2.53. The highest BCUT2D eigenvalue weighted by molar-refractivity contribution is 5.81. The van der Waals surface area contributed by atoms with Crippen molar-refractivity contribution < 1.29 is 19.5 Å². The second-order valence-electron chi connectivity index (χ2n) is 9.48. The summed E-state index contributed by atoms with van der Waals surface area (Å²) >= 11 is 0. The Balaban J connectivity index is 1.68. The predicted molar refractivity (Wildman–Crippen MR) is 90.3 cm³/mol. The first kappa shape index (κ1) is 17.9. The molecule has 3 fully saturated rings. The van der Waals surface area contributed by atoms with E-state index in [-0.39, 0.29) is 23.1 Å². The molecule has 5 heteroatoms. The van der Waals surface area contributed by atoms with E-state index in [9.17, 15) is 14.7 Å². The van der Waals surface area contributed by atoms with Crippen LogP contribution in [0.3, 0.4) is 0 Å². The van der Waals surface area contributed by atoms with Crippen LogP contribution in [0.2, 0.25) is 0 Å². The third-order valence-corrected chi connectivity index (χ3v) is 6.06. The molecule has 4 atom stereocenters. The van der Waals surface area contributed by atoms with E-state index in [2.05, 4.69) is 32.8 Å². The number of carboxylic acid groups (broad SMARTS) is 1. The van der Waals surface area contributed by atoms with Gasteiger partial charge in [0.25, 0.3) is 0 Å². The number of carboxylic acids is 1. The van der Waals surface area contributed by atoms with E-state index in [4.69, 9.17) is 4.84 Å². The maximum atomic E-state index is 12.1. The highest BCUT2D eigenvalue weighted by atomic mass is 16.7. The van der Waals surface area contributed by atoms with Crippen molar-refractivity contribution >= 4 is 11.8 Å². The summed E-state index contributed by atoms with van der Waals surface area (Å²) < 4.78 is 0. The Kier molecular flexibility index (Phi) is 4.54. The van der Waals surface area contributed by atoms with Crippen LogP contribution in [-0.2, 0) is 14.4 Å². The first-order valence-corrected chi connectivity index (χ1v) is 9.28. The molecule has 0 radical (unpaired) electrons. The van der Waals surface area contributed by atoms with Crippen molar-refractivity contribution in [2.45, 2.75) is 89.8 Å². The second-order valence-corrected chi connectivity index (χ2v) is 9.48. The molecule has 2 bridgehead atoms. The summed E-state index contributed by atoms with van der Waals surface area (Å²) in [6, 6.07) is 0. The fraction of sp³-hybridized carbons (Fsp3) is 0.895. The Morgan fingerprint density at radius 3 is 1.96 bits per heavy atom. The zero-order valence-corrected chi connectivity index (χ0v) is 15.4. The van der Waals surface area contributed by atoms with Gasteiger partial charge < -0.3 is 5.11 Å². The summed E-state index contributed by atoms with van der Waals surface area (Å²) in [4.78, 5) is 29.8. The van der Waals surface area contributed by atoms with Crippen LogP contribution in [0.15, 0.2) is 0 Å². The number of ketones is 1. The van der Waals surface area contributed by atoms with Crippen molar-refractivity contribution in [3.63, 3.8) is 0 Å². The fourth-order valence-corrected chi connectivity index (χ4v) is 5.50. The number of aliphatic carboxylic acids is 1. The topological polar surface area (TPSA) is 66.8 Å². The number of rotatable bonds is 3. The first-order chi connectivity index (χ1) is 11.1. The average molecular weight is 337 g/mol. The minimum Gasteiger partial charge on any atom is -0.481 e. The largest absolute Gasteiger partial charge is 0.481 e. The number of carbonyl (C=O) groups excluding carboxylic acids is 1. The summed E-state index contributed by atoms with van der Waals surface area (Å²) in [5.74, 6) is 0.410. The monoisotopic (exact) mass is 337 g/mol. The molecular weight excluding hydrogens is 306 g/mol. The predicted octanol–water partition coefficient (Wildman–Crippen LogP) is 3.42. The maximum absolute atomic E-state index is 12.1. The van der Waals surface area contributed by atoms with Gasteiger partial charge >= 0.3 is 5.97 Å². The molecule has 1 saturated heterocycles. The molecule has 0 aromatic heterocycles. The summed E-state index contributed by atoms with van der Waals surface area (Å²) in [6.45, 7) is 8.32. The van der Waals surface area contributed by atoms with Crippen LogP contribution in [0, 0.1) is 17.8 Å². The fourth-order valence-electron chi connectivity index (χ4n) is 5.50. The van der Waals surface area contributed by atoms with Gasteiger partial charge in [0, 0.05) is 23.9 Å². The van der Waals surface area contributed by atoms with Gasteiger partial charge in [0.05, 0.1) is 12.0 Å². The number of nitrogens with zero attached hydrogens (tertiary/aromatic N) is 1. The van der Waals surface area contributed by atoms with Gasteiger partial charge in [0.2, 0.25) is 0 Å². The van der Waals surface area contributed by atoms with Crippen molar-refractivity contribution in [2.24, 2.45) is 17.8 Å². The van der Waals surface area contributed by atoms with Crippen LogP contribution < -0.4 is 0 Å². The van der Waals surface area contributed by atoms with Gasteiger partial charge in [-0.05, 0) is 71.6 Å². The lowest BCUT2D eigenvalue weighted by Crippen LogP contribution is -2.62. The molecule has 1 N–H and O–H groups in total. The van der Waals surface area contributed by atoms with Crippen LogP contribution >= 0.6 is 0 Å². The Morgan fingerprint density at radius 1 is 1.00 bits per heavy atom. The molecular formula is C19H31NO4. The zero-order valence-electron chi connectivity index (χ0n) is 15.4. The van der Waals surface area contributed by atoms with E-state index in [0.717, 1.165) is 32.1 Å². The second kappa shape index (κ2) is 6.10. The summed E-state index contributed by atoms with van der Waals surface area (Å²) in [7, 11) is 0. The highest BCUT2D eigenvalue weighted by Gasteiger charge is 2.48. The molecule has 2 aliphatic carbocycles. The maximum Gasteiger partial charge on any atom is 0.306 e. The normalized spacial score (nSPS) is 38.8. The molecule has 24 heavy (non-hydrogen) atoms. The number of Topliss-reactive ketones (excluding diaryl/α,β-unsaturated/α-hetero) is 1. The van der Waals surface area contributed by atoms with Gasteiger partial charge in [0.1, 0.15) is 5.78 Å². The molecule has 0 aromatic rings. The summed E-state index contributed by atoms with van der Waals surface area (Å²) in [5, 5.41) is 11.4. The molecule has 1 aliphatic heterocycles. The van der Waals surface area contributed by atoms with Crippen LogP contribution in [-0.4, -0.2) is 39.1 Å². The van der Waals surface area contributed by atoms with Crippen molar-refractivity contribution in [1.82, 2.24) is 5.06 Å². The Labute approximate surface area is 144 Å². The number of hydrogen-bond donors (Lipinski definition) is 1. The van der Waals surface area contributed by atoms with Gasteiger partial charge in [-0.3, -0.25) is 14.4 Å². The highest BCUT2D eigenvalue weighted by Crippen LogP contribution is 2.45. The molecule has 5 nitrogen and oxygen atoms in total. The molecule has 3 aliphatic rings. The average Bonchev–Trinajstić information content (AvgIpc) is 2.40. The van der Waals surface area contributed by atoms with E-state index < -0.39 is 5.97 Å². The minimum atomic E-state index is -0.638. The molecule has 3 rings (SSSR count). The lowest BCUT2D eigenvalue weighted by atomic mass is 9.67. The first-order valence-electron chi connectivity index (χ1n) is 9.28. The molecule has 0 amide bonds.